The highest BCUT2D eigenvalue weighted by Crippen LogP contribution is 2.19. The van der Waals surface area contributed by atoms with Crippen LogP contribution in [0.25, 0.3) is 0 Å². The largest absolute Gasteiger partial charge is 0.311 e. The summed E-state index contributed by atoms with van der Waals surface area (Å²) in [6.07, 6.45) is 1.22. The number of rotatable bonds is 3. The summed E-state index contributed by atoms with van der Waals surface area (Å²) in [7, 11) is 0. The Morgan fingerprint density at radius 1 is 1.22 bits per heavy atom. The molecular weight excluding hydrogens is 220 g/mol. The lowest BCUT2D eigenvalue weighted by Crippen LogP contribution is -2.49. The normalized spacial score (nSPS) is 21.2. The molecule has 2 nitrogen and oxygen atoms in total. The van der Waals surface area contributed by atoms with Gasteiger partial charge in [-0.2, -0.15) is 0 Å². The Morgan fingerprint density at radius 2 is 1.89 bits per heavy atom. The molecule has 0 aliphatic carbocycles. The van der Waals surface area contributed by atoms with E-state index in [1.165, 1.54) is 41.8 Å². The van der Waals surface area contributed by atoms with Crippen LogP contribution in [-0.2, 0) is 6.54 Å². The fraction of sp³-hybridized carbons (Fsp3) is 0.625. The van der Waals surface area contributed by atoms with E-state index >= 15 is 0 Å². The third-order valence-electron chi connectivity index (χ3n) is 4.05. The fourth-order valence-electron chi connectivity index (χ4n) is 2.99. The summed E-state index contributed by atoms with van der Waals surface area (Å²) in [5.41, 5.74) is 5.79. The molecule has 100 valence electrons. The van der Waals surface area contributed by atoms with Crippen molar-refractivity contribution >= 4 is 0 Å². The third-order valence-corrected chi connectivity index (χ3v) is 4.05. The highest BCUT2D eigenvalue weighted by atomic mass is 15.2. The van der Waals surface area contributed by atoms with Crippen LogP contribution in [-0.4, -0.2) is 30.6 Å². The zero-order valence-electron chi connectivity index (χ0n) is 12.2. The standard InChI is InChI=1S/C16H26N2/c1-5-15-10-18(7-6-17-15)11-16-13(3)8-12(2)9-14(16)4/h8-9,15,17H,5-7,10-11H2,1-4H3. The van der Waals surface area contributed by atoms with E-state index in [1.807, 2.05) is 0 Å². The number of benzene rings is 1. The van der Waals surface area contributed by atoms with Crippen LogP contribution >= 0.6 is 0 Å². The lowest BCUT2D eigenvalue weighted by atomic mass is 9.99. The van der Waals surface area contributed by atoms with Crippen LogP contribution in [0.3, 0.4) is 0 Å². The topological polar surface area (TPSA) is 15.3 Å². The lowest BCUT2D eigenvalue weighted by Gasteiger charge is -2.34. The molecule has 0 aromatic heterocycles. The molecule has 1 fully saturated rings. The summed E-state index contributed by atoms with van der Waals surface area (Å²) in [5.74, 6) is 0. The maximum Gasteiger partial charge on any atom is 0.0240 e. The van der Waals surface area contributed by atoms with Gasteiger partial charge in [-0.05, 0) is 43.9 Å². The summed E-state index contributed by atoms with van der Waals surface area (Å²) in [5, 5.41) is 3.58. The Morgan fingerprint density at radius 3 is 2.50 bits per heavy atom. The maximum atomic E-state index is 3.58. The van der Waals surface area contributed by atoms with Gasteiger partial charge in [-0.15, -0.1) is 0 Å². The Kier molecular flexibility index (Phi) is 4.41. The van der Waals surface area contributed by atoms with Gasteiger partial charge < -0.3 is 5.32 Å². The van der Waals surface area contributed by atoms with Gasteiger partial charge in [-0.25, -0.2) is 0 Å². The minimum absolute atomic E-state index is 0.671. The van der Waals surface area contributed by atoms with Gasteiger partial charge in [-0.1, -0.05) is 24.6 Å². The molecule has 1 aromatic carbocycles. The molecule has 1 heterocycles. The monoisotopic (exact) mass is 246 g/mol. The summed E-state index contributed by atoms with van der Waals surface area (Å²) in [6.45, 7) is 13.5. The molecular formula is C16H26N2. The Bertz CT molecular complexity index is 389. The molecule has 2 heteroatoms. The second-order valence-electron chi connectivity index (χ2n) is 5.67. The zero-order chi connectivity index (χ0) is 13.1. The van der Waals surface area contributed by atoms with E-state index in [-0.39, 0.29) is 0 Å². The number of aryl methyl sites for hydroxylation is 3. The average molecular weight is 246 g/mol. The van der Waals surface area contributed by atoms with Gasteiger partial charge in [0, 0.05) is 32.2 Å². The molecule has 0 radical (unpaired) electrons. The van der Waals surface area contributed by atoms with Crippen molar-refractivity contribution < 1.29 is 0 Å². The first-order valence-corrected chi connectivity index (χ1v) is 7.12. The molecule has 1 aromatic rings. The van der Waals surface area contributed by atoms with Crippen molar-refractivity contribution in [2.75, 3.05) is 19.6 Å². The summed E-state index contributed by atoms with van der Waals surface area (Å²) in [6, 6.07) is 5.29. The molecule has 0 spiro atoms. The highest BCUT2D eigenvalue weighted by Gasteiger charge is 2.18. The number of nitrogens with one attached hydrogen (secondary N) is 1. The van der Waals surface area contributed by atoms with E-state index in [0.717, 1.165) is 13.1 Å². The summed E-state index contributed by atoms with van der Waals surface area (Å²) < 4.78 is 0. The van der Waals surface area contributed by atoms with E-state index in [0.29, 0.717) is 6.04 Å². The molecule has 0 bridgehead atoms. The van der Waals surface area contributed by atoms with E-state index < -0.39 is 0 Å². The number of hydrogen-bond acceptors (Lipinski definition) is 2. The van der Waals surface area contributed by atoms with Gasteiger partial charge in [0.15, 0.2) is 0 Å². The zero-order valence-corrected chi connectivity index (χ0v) is 12.2. The Hall–Kier alpha value is -0.860. The SMILES string of the molecule is CCC1CN(Cc2c(C)cc(C)cc2C)CCN1. The van der Waals surface area contributed by atoms with E-state index in [2.05, 4.69) is 50.0 Å². The smallest absolute Gasteiger partial charge is 0.0240 e. The average Bonchev–Trinajstić information content (AvgIpc) is 2.34. The fourth-order valence-corrected chi connectivity index (χ4v) is 2.99. The van der Waals surface area contributed by atoms with Crippen molar-refractivity contribution in [2.24, 2.45) is 0 Å². The first kappa shape index (κ1) is 13.6. The van der Waals surface area contributed by atoms with E-state index in [9.17, 15) is 0 Å². The second kappa shape index (κ2) is 5.85. The van der Waals surface area contributed by atoms with Crippen LogP contribution < -0.4 is 5.32 Å². The molecule has 1 aliphatic heterocycles. The first-order chi connectivity index (χ1) is 8.60. The van der Waals surface area contributed by atoms with Gasteiger partial charge in [0.25, 0.3) is 0 Å². The minimum atomic E-state index is 0.671. The molecule has 0 saturated carbocycles. The van der Waals surface area contributed by atoms with Crippen molar-refractivity contribution in [2.45, 2.75) is 46.7 Å². The Labute approximate surface area is 111 Å². The molecule has 1 atom stereocenters. The molecule has 2 rings (SSSR count). The van der Waals surface area contributed by atoms with Gasteiger partial charge in [0.1, 0.15) is 0 Å². The molecule has 1 unspecified atom stereocenters. The van der Waals surface area contributed by atoms with E-state index in [4.69, 9.17) is 0 Å². The van der Waals surface area contributed by atoms with Crippen LogP contribution in [0.15, 0.2) is 12.1 Å². The second-order valence-corrected chi connectivity index (χ2v) is 5.67. The van der Waals surface area contributed by atoms with Crippen molar-refractivity contribution in [3.63, 3.8) is 0 Å². The molecule has 0 amide bonds. The first-order valence-electron chi connectivity index (χ1n) is 7.12. The number of nitrogens with zero attached hydrogens (tertiary/aromatic N) is 1. The summed E-state index contributed by atoms with van der Waals surface area (Å²) >= 11 is 0. The van der Waals surface area contributed by atoms with Crippen LogP contribution in [0.5, 0.6) is 0 Å². The van der Waals surface area contributed by atoms with Crippen molar-refractivity contribution in [3.8, 4) is 0 Å². The predicted octanol–water partition coefficient (Wildman–Crippen LogP) is 2.80. The quantitative estimate of drug-likeness (QED) is 0.882. The van der Waals surface area contributed by atoms with E-state index in [1.54, 1.807) is 0 Å². The Balaban J connectivity index is 2.09. The van der Waals surface area contributed by atoms with Crippen molar-refractivity contribution in [1.29, 1.82) is 0 Å². The summed E-state index contributed by atoms with van der Waals surface area (Å²) in [4.78, 5) is 2.59. The molecule has 1 saturated heterocycles. The lowest BCUT2D eigenvalue weighted by molar-refractivity contribution is 0.189. The van der Waals surface area contributed by atoms with Gasteiger partial charge in [-0.3, -0.25) is 4.90 Å². The van der Waals surface area contributed by atoms with Gasteiger partial charge >= 0.3 is 0 Å². The van der Waals surface area contributed by atoms with Gasteiger partial charge in [0.2, 0.25) is 0 Å². The van der Waals surface area contributed by atoms with Crippen molar-refractivity contribution in [3.05, 3.63) is 34.4 Å². The number of hydrogen-bond donors (Lipinski definition) is 1. The van der Waals surface area contributed by atoms with Crippen LogP contribution in [0.1, 0.15) is 35.6 Å². The van der Waals surface area contributed by atoms with Crippen molar-refractivity contribution in [1.82, 2.24) is 10.2 Å². The maximum absolute atomic E-state index is 3.58. The molecule has 1 aliphatic rings. The molecule has 1 N–H and O–H groups in total. The number of piperazine rings is 1. The minimum Gasteiger partial charge on any atom is -0.311 e. The van der Waals surface area contributed by atoms with Gasteiger partial charge in [0.05, 0.1) is 0 Å². The van der Waals surface area contributed by atoms with Crippen LogP contribution in [0.2, 0.25) is 0 Å². The third kappa shape index (κ3) is 3.12. The van der Waals surface area contributed by atoms with Crippen LogP contribution in [0, 0.1) is 20.8 Å². The predicted molar refractivity (Wildman–Crippen MR) is 78.0 cm³/mol. The molecule has 18 heavy (non-hydrogen) atoms. The van der Waals surface area contributed by atoms with Crippen LogP contribution in [0.4, 0.5) is 0 Å². The highest BCUT2D eigenvalue weighted by molar-refractivity contribution is 5.37.